The normalized spacial score (nSPS) is 11.2. The molecule has 0 unspecified atom stereocenters. The Balaban J connectivity index is 1.49. The van der Waals surface area contributed by atoms with Crippen LogP contribution in [0, 0.1) is 6.92 Å². The first-order valence-electron chi connectivity index (χ1n) is 8.50. The van der Waals surface area contributed by atoms with Crippen LogP contribution in [0.15, 0.2) is 33.7 Å². The maximum Gasteiger partial charge on any atom is 0.267 e. The summed E-state index contributed by atoms with van der Waals surface area (Å²) in [5.74, 6) is 0.185. The maximum absolute atomic E-state index is 12.7. The van der Waals surface area contributed by atoms with Crippen molar-refractivity contribution in [1.82, 2.24) is 19.7 Å². The molecule has 4 rings (SSSR count). The molecule has 0 saturated heterocycles. The van der Waals surface area contributed by atoms with Crippen LogP contribution in [-0.2, 0) is 12.8 Å². The first kappa shape index (κ1) is 21.3. The van der Waals surface area contributed by atoms with Crippen molar-refractivity contribution >= 4 is 78.9 Å². The van der Waals surface area contributed by atoms with Crippen molar-refractivity contribution < 1.29 is 4.79 Å². The van der Waals surface area contributed by atoms with Gasteiger partial charge in [-0.3, -0.25) is 14.9 Å². The number of hydrogen-bond donors (Lipinski definition) is 1. The molecule has 0 radical (unpaired) electrons. The third-order valence-corrected chi connectivity index (χ3v) is 8.15. The van der Waals surface area contributed by atoms with Gasteiger partial charge in [0.25, 0.3) is 11.5 Å². The quantitative estimate of drug-likeness (QED) is 0.308. The number of aromatic nitrogens is 4. The first-order chi connectivity index (χ1) is 14.3. The fourth-order valence-electron chi connectivity index (χ4n) is 2.70. The summed E-state index contributed by atoms with van der Waals surface area (Å²) in [4.78, 5) is 30.3. The molecular weight excluding hydrogens is 485 g/mol. The number of amides is 1. The van der Waals surface area contributed by atoms with E-state index in [0.29, 0.717) is 45.9 Å². The molecule has 0 spiro atoms. The lowest BCUT2D eigenvalue weighted by atomic mass is 10.2. The number of rotatable bonds is 5. The fourth-order valence-corrected chi connectivity index (χ4v) is 6.23. The lowest BCUT2D eigenvalue weighted by Gasteiger charge is -2.04. The number of aryl methyl sites for hydroxylation is 2. The van der Waals surface area contributed by atoms with Crippen molar-refractivity contribution in [2.45, 2.75) is 17.0 Å². The summed E-state index contributed by atoms with van der Waals surface area (Å²) in [6, 6.07) is 5.36. The Kier molecular flexibility index (Phi) is 6.12. The van der Waals surface area contributed by atoms with Crippen LogP contribution in [0.2, 0.25) is 10.0 Å². The van der Waals surface area contributed by atoms with Crippen molar-refractivity contribution in [3.8, 4) is 0 Å². The van der Waals surface area contributed by atoms with E-state index in [4.69, 9.17) is 23.2 Å². The summed E-state index contributed by atoms with van der Waals surface area (Å²) in [6.45, 7) is 1.74. The minimum absolute atomic E-state index is 0.180. The summed E-state index contributed by atoms with van der Waals surface area (Å²) < 4.78 is 2.06. The Bertz CT molecular complexity index is 1310. The number of thioether (sulfide) groups is 1. The van der Waals surface area contributed by atoms with Crippen LogP contribution in [0.25, 0.3) is 10.2 Å². The van der Waals surface area contributed by atoms with Gasteiger partial charge in [-0.05, 0) is 30.2 Å². The van der Waals surface area contributed by atoms with E-state index in [-0.39, 0.29) is 11.5 Å². The molecule has 0 atom stereocenters. The van der Waals surface area contributed by atoms with E-state index in [9.17, 15) is 9.59 Å². The van der Waals surface area contributed by atoms with Crippen molar-refractivity contribution in [3.05, 3.63) is 60.9 Å². The summed E-state index contributed by atoms with van der Waals surface area (Å²) in [6.07, 6.45) is 1.45. The van der Waals surface area contributed by atoms with Gasteiger partial charge < -0.3 is 4.57 Å². The standard InChI is InChI=1S/C18H13Cl2N5O2S3/c1-8-12-15(21-7-25(2)16(12)27)29-13(8)14(26)22-17-23-24-18(30-17)28-6-9-10(19)4-3-5-11(9)20/h3-5,7H,6H2,1-2H3,(H,22,23,26). The average molecular weight is 498 g/mol. The smallest absolute Gasteiger partial charge is 0.267 e. The number of benzene rings is 1. The molecule has 4 aromatic rings. The van der Waals surface area contributed by atoms with Crippen LogP contribution in [0.4, 0.5) is 5.13 Å². The molecule has 30 heavy (non-hydrogen) atoms. The molecule has 3 heterocycles. The number of nitrogens with one attached hydrogen (secondary N) is 1. The van der Waals surface area contributed by atoms with Crippen molar-refractivity contribution in [1.29, 1.82) is 0 Å². The van der Waals surface area contributed by atoms with Crippen LogP contribution in [-0.4, -0.2) is 25.7 Å². The van der Waals surface area contributed by atoms with Gasteiger partial charge in [-0.25, -0.2) is 4.98 Å². The summed E-state index contributed by atoms with van der Waals surface area (Å²) in [5.41, 5.74) is 1.25. The third kappa shape index (κ3) is 4.10. The van der Waals surface area contributed by atoms with Gasteiger partial charge in [-0.15, -0.1) is 21.5 Å². The second-order valence-corrected chi connectivity index (χ2v) is 10.2. The van der Waals surface area contributed by atoms with E-state index >= 15 is 0 Å². The molecule has 0 aliphatic rings. The molecule has 3 aromatic heterocycles. The maximum atomic E-state index is 12.7. The van der Waals surface area contributed by atoms with Crippen LogP contribution in [0.3, 0.4) is 0 Å². The van der Waals surface area contributed by atoms with Gasteiger partial charge in [-0.2, -0.15) is 0 Å². The zero-order valence-electron chi connectivity index (χ0n) is 15.6. The topological polar surface area (TPSA) is 89.8 Å². The van der Waals surface area contributed by atoms with Gasteiger partial charge in [-0.1, -0.05) is 52.4 Å². The summed E-state index contributed by atoms with van der Waals surface area (Å²) >= 11 is 16.2. The fraction of sp³-hybridized carbons (Fsp3) is 0.167. The van der Waals surface area contributed by atoms with Crippen LogP contribution >= 0.6 is 57.6 Å². The zero-order valence-corrected chi connectivity index (χ0v) is 19.6. The molecule has 0 fully saturated rings. The van der Waals surface area contributed by atoms with E-state index in [1.807, 2.05) is 0 Å². The Morgan fingerprint density at radius 3 is 2.70 bits per heavy atom. The monoisotopic (exact) mass is 497 g/mol. The molecule has 0 aliphatic carbocycles. The van der Waals surface area contributed by atoms with E-state index in [0.717, 1.165) is 5.56 Å². The van der Waals surface area contributed by atoms with Gasteiger partial charge in [0.05, 0.1) is 16.6 Å². The second-order valence-electron chi connectivity index (χ2n) is 6.21. The first-order valence-corrected chi connectivity index (χ1v) is 11.9. The van der Waals surface area contributed by atoms with Gasteiger partial charge >= 0.3 is 0 Å². The predicted octanol–water partition coefficient (Wildman–Crippen LogP) is 5.01. The largest absolute Gasteiger partial charge is 0.302 e. The van der Waals surface area contributed by atoms with Gasteiger partial charge in [0, 0.05) is 22.8 Å². The lowest BCUT2D eigenvalue weighted by Crippen LogP contribution is -2.17. The van der Waals surface area contributed by atoms with Crippen LogP contribution in [0.1, 0.15) is 20.8 Å². The summed E-state index contributed by atoms with van der Waals surface area (Å²) in [5, 5.41) is 12.9. The molecule has 154 valence electrons. The number of carbonyl (C=O) groups excluding carboxylic acids is 1. The second kappa shape index (κ2) is 8.64. The molecule has 1 aromatic carbocycles. The van der Waals surface area contributed by atoms with E-state index in [1.165, 1.54) is 45.3 Å². The third-order valence-electron chi connectivity index (χ3n) is 4.25. The number of carbonyl (C=O) groups is 1. The van der Waals surface area contributed by atoms with Crippen LogP contribution < -0.4 is 10.9 Å². The molecular formula is C18H13Cl2N5O2S3. The number of anilines is 1. The Hall–Kier alpha value is -1.98. The molecule has 7 nitrogen and oxygen atoms in total. The highest BCUT2D eigenvalue weighted by atomic mass is 35.5. The highest BCUT2D eigenvalue weighted by molar-refractivity contribution is 8.00. The molecule has 1 amide bonds. The highest BCUT2D eigenvalue weighted by Gasteiger charge is 2.20. The molecule has 0 aliphatic heterocycles. The van der Waals surface area contributed by atoms with Gasteiger partial charge in [0.1, 0.15) is 4.83 Å². The van der Waals surface area contributed by atoms with E-state index in [1.54, 1.807) is 32.2 Å². The van der Waals surface area contributed by atoms with Gasteiger partial charge in [0.2, 0.25) is 5.13 Å². The van der Waals surface area contributed by atoms with Crippen molar-refractivity contribution in [3.63, 3.8) is 0 Å². The molecule has 0 saturated carbocycles. The van der Waals surface area contributed by atoms with Crippen molar-refractivity contribution in [2.75, 3.05) is 5.32 Å². The number of fused-ring (bicyclic) bond motifs is 1. The zero-order chi connectivity index (χ0) is 21.4. The number of thiophene rings is 1. The Morgan fingerprint density at radius 2 is 1.97 bits per heavy atom. The highest BCUT2D eigenvalue weighted by Crippen LogP contribution is 2.34. The Labute approximate surface area is 193 Å². The number of nitrogens with zero attached hydrogens (tertiary/aromatic N) is 4. The van der Waals surface area contributed by atoms with E-state index in [2.05, 4.69) is 20.5 Å². The average Bonchev–Trinajstić information content (AvgIpc) is 3.29. The minimum atomic E-state index is -0.348. The predicted molar refractivity (Wildman–Crippen MR) is 123 cm³/mol. The Morgan fingerprint density at radius 1 is 1.23 bits per heavy atom. The summed E-state index contributed by atoms with van der Waals surface area (Å²) in [7, 11) is 1.63. The molecule has 12 heteroatoms. The number of hydrogen-bond acceptors (Lipinski definition) is 8. The van der Waals surface area contributed by atoms with Crippen molar-refractivity contribution in [2.24, 2.45) is 7.05 Å². The molecule has 0 bridgehead atoms. The lowest BCUT2D eigenvalue weighted by molar-refractivity contribution is 0.103. The van der Waals surface area contributed by atoms with Crippen LogP contribution in [0.5, 0.6) is 0 Å². The van der Waals surface area contributed by atoms with Gasteiger partial charge in [0.15, 0.2) is 4.34 Å². The minimum Gasteiger partial charge on any atom is -0.302 e. The van der Waals surface area contributed by atoms with E-state index < -0.39 is 0 Å². The SMILES string of the molecule is Cc1c(C(=O)Nc2nnc(SCc3c(Cl)cccc3Cl)s2)sc2ncn(C)c(=O)c12. The number of halogens is 2. The molecule has 1 N–H and O–H groups in total.